The standard InChI is InChI=1S/C5H9NO/c1-4-2-6-3-5(4)7/h4,6H,2-3H2,1H3/t4-/m1/s1. The molecule has 0 bridgehead atoms. The molecule has 0 aromatic carbocycles. The van der Waals surface area contributed by atoms with Gasteiger partial charge in [-0.3, -0.25) is 4.79 Å². The van der Waals surface area contributed by atoms with Crippen LogP contribution in [-0.4, -0.2) is 18.9 Å². The average Bonchev–Trinajstić information content (AvgIpc) is 1.91. The average molecular weight is 99.1 g/mol. The van der Waals surface area contributed by atoms with Crippen LogP contribution < -0.4 is 5.32 Å². The Labute approximate surface area is 42.9 Å². The van der Waals surface area contributed by atoms with Gasteiger partial charge in [-0.2, -0.15) is 0 Å². The van der Waals surface area contributed by atoms with Gasteiger partial charge in [0.1, 0.15) is 0 Å². The van der Waals surface area contributed by atoms with Crippen molar-refractivity contribution >= 4 is 5.78 Å². The summed E-state index contributed by atoms with van der Waals surface area (Å²) in [5, 5.41) is 2.97. The summed E-state index contributed by atoms with van der Waals surface area (Å²) in [4.78, 5) is 10.5. The molecule has 0 unspecified atom stereocenters. The van der Waals surface area contributed by atoms with Gasteiger partial charge in [0.15, 0.2) is 5.78 Å². The van der Waals surface area contributed by atoms with Gasteiger partial charge >= 0.3 is 0 Å². The lowest BCUT2D eigenvalue weighted by Crippen LogP contribution is -2.07. The Kier molecular flexibility index (Phi) is 1.11. The molecule has 0 aromatic rings. The van der Waals surface area contributed by atoms with Crippen LogP contribution in [0.3, 0.4) is 0 Å². The van der Waals surface area contributed by atoms with E-state index in [9.17, 15) is 4.79 Å². The maximum Gasteiger partial charge on any atom is 0.150 e. The minimum absolute atomic E-state index is 0.264. The topological polar surface area (TPSA) is 29.1 Å². The third-order valence-corrected chi connectivity index (χ3v) is 1.30. The second-order valence-corrected chi connectivity index (χ2v) is 2.00. The molecule has 0 saturated carbocycles. The van der Waals surface area contributed by atoms with Crippen LogP contribution in [-0.2, 0) is 4.79 Å². The van der Waals surface area contributed by atoms with Crippen molar-refractivity contribution in [3.05, 3.63) is 0 Å². The first-order chi connectivity index (χ1) is 3.30. The summed E-state index contributed by atoms with van der Waals surface area (Å²) in [5.74, 6) is 0.611. The molecule has 40 valence electrons. The van der Waals surface area contributed by atoms with Gasteiger partial charge in [-0.05, 0) is 0 Å². The van der Waals surface area contributed by atoms with Crippen molar-refractivity contribution in [1.82, 2.24) is 5.32 Å². The Morgan fingerprint density at radius 2 is 2.57 bits per heavy atom. The van der Waals surface area contributed by atoms with Crippen molar-refractivity contribution in [2.24, 2.45) is 5.92 Å². The van der Waals surface area contributed by atoms with E-state index in [1.807, 2.05) is 6.92 Å². The van der Waals surface area contributed by atoms with Gasteiger partial charge in [0.05, 0.1) is 6.54 Å². The molecule has 1 aliphatic rings. The molecule has 0 aromatic heterocycles. The molecule has 1 aliphatic heterocycles. The molecule has 1 saturated heterocycles. The van der Waals surface area contributed by atoms with Crippen LogP contribution in [0.25, 0.3) is 0 Å². The second kappa shape index (κ2) is 1.62. The summed E-state index contributed by atoms with van der Waals surface area (Å²) in [6.07, 6.45) is 0. The predicted octanol–water partition coefficient (Wildman–Crippen LogP) is -0.205. The Morgan fingerprint density at radius 3 is 2.71 bits per heavy atom. The molecule has 1 rings (SSSR count). The Hall–Kier alpha value is -0.370. The normalized spacial score (nSPS) is 31.6. The highest BCUT2D eigenvalue weighted by Gasteiger charge is 2.17. The molecule has 1 atom stereocenters. The van der Waals surface area contributed by atoms with E-state index in [0.29, 0.717) is 12.3 Å². The van der Waals surface area contributed by atoms with Crippen molar-refractivity contribution in [3.8, 4) is 0 Å². The number of carbonyl (C=O) groups is 1. The lowest BCUT2D eigenvalue weighted by Gasteiger charge is -1.89. The first-order valence-corrected chi connectivity index (χ1v) is 2.54. The molecule has 0 amide bonds. The summed E-state index contributed by atoms with van der Waals surface area (Å²) in [6, 6.07) is 0. The smallest absolute Gasteiger partial charge is 0.150 e. The van der Waals surface area contributed by atoms with Crippen molar-refractivity contribution in [1.29, 1.82) is 0 Å². The molecule has 2 nitrogen and oxygen atoms in total. The number of ketones is 1. The fourth-order valence-corrected chi connectivity index (χ4v) is 0.700. The molecule has 0 radical (unpaired) electrons. The Bertz CT molecular complexity index is 90.1. The monoisotopic (exact) mass is 99.1 g/mol. The molecule has 0 spiro atoms. The Morgan fingerprint density at radius 1 is 1.86 bits per heavy atom. The lowest BCUT2D eigenvalue weighted by atomic mass is 10.1. The molecular weight excluding hydrogens is 90.1 g/mol. The van der Waals surface area contributed by atoms with Crippen LogP contribution in [0.2, 0.25) is 0 Å². The van der Waals surface area contributed by atoms with E-state index < -0.39 is 0 Å². The molecule has 2 heteroatoms. The molecular formula is C5H9NO. The first kappa shape index (κ1) is 4.78. The van der Waals surface area contributed by atoms with Crippen LogP contribution in [0, 0.1) is 5.92 Å². The SMILES string of the molecule is C[C@@H]1CNCC1=O. The highest BCUT2D eigenvalue weighted by molar-refractivity contribution is 5.84. The van der Waals surface area contributed by atoms with Crippen molar-refractivity contribution in [3.63, 3.8) is 0 Å². The summed E-state index contributed by atoms with van der Waals surface area (Å²) < 4.78 is 0. The number of carbonyl (C=O) groups excluding carboxylic acids is 1. The minimum Gasteiger partial charge on any atom is -0.309 e. The fraction of sp³-hybridized carbons (Fsp3) is 0.800. The zero-order chi connectivity index (χ0) is 5.28. The number of rotatable bonds is 0. The maximum absolute atomic E-state index is 10.5. The van der Waals surface area contributed by atoms with Gasteiger partial charge < -0.3 is 5.32 Å². The minimum atomic E-state index is 0.264. The van der Waals surface area contributed by atoms with Crippen molar-refractivity contribution in [2.75, 3.05) is 13.1 Å². The van der Waals surface area contributed by atoms with Crippen molar-refractivity contribution in [2.45, 2.75) is 6.92 Å². The number of hydrogen-bond acceptors (Lipinski definition) is 2. The van der Waals surface area contributed by atoms with E-state index >= 15 is 0 Å². The van der Waals surface area contributed by atoms with Gasteiger partial charge in [0.25, 0.3) is 0 Å². The third kappa shape index (κ3) is 0.800. The molecule has 7 heavy (non-hydrogen) atoms. The number of nitrogens with one attached hydrogen (secondary N) is 1. The second-order valence-electron chi connectivity index (χ2n) is 2.00. The van der Waals surface area contributed by atoms with E-state index in [0.717, 1.165) is 6.54 Å². The molecule has 1 heterocycles. The summed E-state index contributed by atoms with van der Waals surface area (Å²) in [6.45, 7) is 3.41. The van der Waals surface area contributed by atoms with E-state index in [1.165, 1.54) is 0 Å². The molecule has 0 aliphatic carbocycles. The molecule has 1 N–H and O–H groups in total. The van der Waals surface area contributed by atoms with Crippen LogP contribution in [0.4, 0.5) is 0 Å². The van der Waals surface area contributed by atoms with Gasteiger partial charge in [0, 0.05) is 12.5 Å². The van der Waals surface area contributed by atoms with Crippen LogP contribution in [0.1, 0.15) is 6.92 Å². The predicted molar refractivity (Wildman–Crippen MR) is 27.0 cm³/mol. The van der Waals surface area contributed by atoms with Crippen molar-refractivity contribution < 1.29 is 4.79 Å². The third-order valence-electron chi connectivity index (χ3n) is 1.30. The van der Waals surface area contributed by atoms with E-state index in [2.05, 4.69) is 5.32 Å². The largest absolute Gasteiger partial charge is 0.309 e. The van der Waals surface area contributed by atoms with E-state index in [4.69, 9.17) is 0 Å². The highest BCUT2D eigenvalue weighted by atomic mass is 16.1. The van der Waals surface area contributed by atoms with Crippen LogP contribution in [0.5, 0.6) is 0 Å². The van der Waals surface area contributed by atoms with E-state index in [-0.39, 0.29) is 5.92 Å². The van der Waals surface area contributed by atoms with Gasteiger partial charge in [-0.15, -0.1) is 0 Å². The Balaban J connectivity index is 2.48. The quantitative estimate of drug-likeness (QED) is 0.455. The number of hydrogen-bond donors (Lipinski definition) is 1. The van der Waals surface area contributed by atoms with Gasteiger partial charge in [-0.1, -0.05) is 6.92 Å². The fourth-order valence-electron chi connectivity index (χ4n) is 0.700. The lowest BCUT2D eigenvalue weighted by molar-refractivity contribution is -0.119. The van der Waals surface area contributed by atoms with Gasteiger partial charge in [-0.25, -0.2) is 0 Å². The zero-order valence-electron chi connectivity index (χ0n) is 4.40. The maximum atomic E-state index is 10.5. The summed E-state index contributed by atoms with van der Waals surface area (Å²) in [7, 11) is 0. The molecule has 1 fully saturated rings. The zero-order valence-corrected chi connectivity index (χ0v) is 4.40. The summed E-state index contributed by atoms with van der Waals surface area (Å²) >= 11 is 0. The highest BCUT2D eigenvalue weighted by Crippen LogP contribution is 1.98. The first-order valence-electron chi connectivity index (χ1n) is 2.54. The van der Waals surface area contributed by atoms with E-state index in [1.54, 1.807) is 0 Å². The van der Waals surface area contributed by atoms with Crippen LogP contribution in [0.15, 0.2) is 0 Å². The van der Waals surface area contributed by atoms with Gasteiger partial charge in [0.2, 0.25) is 0 Å². The summed E-state index contributed by atoms with van der Waals surface area (Å²) in [5.41, 5.74) is 0. The number of Topliss-reactive ketones (excluding diaryl/α,β-unsaturated/α-hetero) is 1. The van der Waals surface area contributed by atoms with Crippen LogP contribution >= 0.6 is 0 Å².